The molecular formula is C15H14N2O6S. The minimum absolute atomic E-state index is 0.0806. The fourth-order valence-electron chi connectivity index (χ4n) is 2.08. The number of aromatic hydroxyl groups is 1. The first-order chi connectivity index (χ1) is 11.5. The zero-order chi connectivity index (χ0) is 17.2. The topological polar surface area (TPSA) is 114 Å². The van der Waals surface area contributed by atoms with Gasteiger partial charge in [-0.25, -0.2) is 8.42 Å². The molecule has 0 unspecified atom stereocenters. The van der Waals surface area contributed by atoms with Crippen LogP contribution in [0.1, 0.15) is 10.4 Å². The summed E-state index contributed by atoms with van der Waals surface area (Å²) in [6.45, 7) is 0.732. The molecule has 0 saturated heterocycles. The lowest BCUT2D eigenvalue weighted by Gasteiger charge is -2.19. The lowest BCUT2D eigenvalue weighted by atomic mass is 10.2. The predicted molar refractivity (Wildman–Crippen MR) is 83.3 cm³/mol. The van der Waals surface area contributed by atoms with Crippen LogP contribution in [0.4, 0.5) is 0 Å². The number of fused-ring (bicyclic) bond motifs is 1. The molecule has 0 atom stereocenters. The molecule has 0 bridgehead atoms. The maximum Gasteiger partial charge on any atom is 0.266 e. The highest BCUT2D eigenvalue weighted by Gasteiger charge is 2.20. The van der Waals surface area contributed by atoms with E-state index in [1.54, 1.807) is 0 Å². The minimum atomic E-state index is -3.99. The fraction of sp³-hybridized carbons (Fsp3) is 0.133. The number of ether oxygens (including phenoxy) is 2. The van der Waals surface area contributed by atoms with Crippen LogP contribution < -0.4 is 19.7 Å². The fourth-order valence-corrected chi connectivity index (χ4v) is 2.94. The van der Waals surface area contributed by atoms with E-state index in [9.17, 15) is 18.3 Å². The first-order valence-electron chi connectivity index (χ1n) is 6.96. The molecule has 9 heteroatoms. The van der Waals surface area contributed by atoms with E-state index in [-0.39, 0.29) is 16.2 Å². The summed E-state index contributed by atoms with van der Waals surface area (Å²) in [5.74, 6) is -0.0169. The van der Waals surface area contributed by atoms with Crippen molar-refractivity contribution in [2.24, 2.45) is 0 Å². The van der Waals surface area contributed by atoms with Gasteiger partial charge in [0.15, 0.2) is 11.5 Å². The van der Waals surface area contributed by atoms with E-state index in [1.807, 2.05) is 4.83 Å². The van der Waals surface area contributed by atoms with Crippen LogP contribution in [0.2, 0.25) is 0 Å². The maximum absolute atomic E-state index is 12.2. The summed E-state index contributed by atoms with van der Waals surface area (Å²) < 4.78 is 35.2. The second-order valence-electron chi connectivity index (χ2n) is 4.92. The number of rotatable bonds is 4. The van der Waals surface area contributed by atoms with Crippen molar-refractivity contribution in [3.05, 3.63) is 48.0 Å². The SMILES string of the molecule is O=C(NNS(=O)(=O)c1ccc2c(c1)OCCO2)c1cccc(O)c1. The normalized spacial score (nSPS) is 13.3. The average Bonchev–Trinajstić information content (AvgIpc) is 2.59. The Morgan fingerprint density at radius 3 is 2.54 bits per heavy atom. The lowest BCUT2D eigenvalue weighted by molar-refractivity contribution is 0.0944. The smallest absolute Gasteiger partial charge is 0.266 e. The molecular weight excluding hydrogens is 336 g/mol. The molecule has 126 valence electrons. The number of hydrazine groups is 1. The Morgan fingerprint density at radius 1 is 1.04 bits per heavy atom. The number of sulfonamides is 1. The highest BCUT2D eigenvalue weighted by atomic mass is 32.2. The van der Waals surface area contributed by atoms with Gasteiger partial charge in [0.05, 0.1) is 4.90 Å². The summed E-state index contributed by atoms with van der Waals surface area (Å²) in [5, 5.41) is 9.34. The summed E-state index contributed by atoms with van der Waals surface area (Å²) in [4.78, 5) is 13.8. The van der Waals surface area contributed by atoms with Crippen LogP contribution in [0.5, 0.6) is 17.2 Å². The van der Waals surface area contributed by atoms with Gasteiger partial charge in [0.25, 0.3) is 15.9 Å². The molecule has 0 fully saturated rings. The number of carbonyl (C=O) groups is 1. The van der Waals surface area contributed by atoms with Crippen LogP contribution >= 0.6 is 0 Å². The Hall–Kier alpha value is -2.78. The van der Waals surface area contributed by atoms with Crippen LogP contribution in [0.3, 0.4) is 0 Å². The van der Waals surface area contributed by atoms with Gasteiger partial charge in [0.1, 0.15) is 19.0 Å². The molecule has 1 aliphatic heterocycles. The van der Waals surface area contributed by atoms with E-state index >= 15 is 0 Å². The first-order valence-corrected chi connectivity index (χ1v) is 8.45. The van der Waals surface area contributed by atoms with Crippen LogP contribution in [0.25, 0.3) is 0 Å². The molecule has 3 rings (SSSR count). The molecule has 0 radical (unpaired) electrons. The number of benzene rings is 2. The molecule has 2 aromatic carbocycles. The molecule has 24 heavy (non-hydrogen) atoms. The summed E-state index contributed by atoms with van der Waals surface area (Å²) in [7, 11) is -3.99. The predicted octanol–water partition coefficient (Wildman–Crippen LogP) is 0.787. The number of phenolic OH excluding ortho intramolecular Hbond substituents is 1. The lowest BCUT2D eigenvalue weighted by Crippen LogP contribution is -2.41. The van der Waals surface area contributed by atoms with Crippen molar-refractivity contribution in [1.82, 2.24) is 10.3 Å². The van der Waals surface area contributed by atoms with Crippen molar-refractivity contribution in [2.45, 2.75) is 4.90 Å². The average molecular weight is 350 g/mol. The molecule has 0 aliphatic carbocycles. The van der Waals surface area contributed by atoms with Crippen molar-refractivity contribution < 1.29 is 27.8 Å². The maximum atomic E-state index is 12.2. The first kappa shape index (κ1) is 16.1. The molecule has 1 aliphatic rings. The third-order valence-corrected chi connectivity index (χ3v) is 4.48. The van der Waals surface area contributed by atoms with Crippen LogP contribution in [0, 0.1) is 0 Å². The van der Waals surface area contributed by atoms with Gasteiger partial charge in [0.2, 0.25) is 0 Å². The largest absolute Gasteiger partial charge is 0.508 e. The Balaban J connectivity index is 1.73. The Morgan fingerprint density at radius 2 is 1.79 bits per heavy atom. The molecule has 3 N–H and O–H groups in total. The molecule has 0 aromatic heterocycles. The van der Waals surface area contributed by atoms with E-state index in [2.05, 4.69) is 5.43 Å². The van der Waals surface area contributed by atoms with Gasteiger partial charge in [0, 0.05) is 11.6 Å². The van der Waals surface area contributed by atoms with E-state index < -0.39 is 15.9 Å². The Kier molecular flexibility index (Phi) is 4.28. The van der Waals surface area contributed by atoms with Gasteiger partial charge in [-0.3, -0.25) is 10.2 Å². The van der Waals surface area contributed by atoms with Crippen molar-refractivity contribution in [3.8, 4) is 17.2 Å². The Labute approximate surface area is 138 Å². The van der Waals surface area contributed by atoms with Crippen molar-refractivity contribution in [3.63, 3.8) is 0 Å². The van der Waals surface area contributed by atoms with Gasteiger partial charge in [-0.2, -0.15) is 0 Å². The molecule has 1 amide bonds. The van der Waals surface area contributed by atoms with E-state index in [4.69, 9.17) is 9.47 Å². The van der Waals surface area contributed by atoms with E-state index in [0.717, 1.165) is 0 Å². The quantitative estimate of drug-likeness (QED) is 0.703. The third kappa shape index (κ3) is 3.42. The molecule has 2 aromatic rings. The molecule has 0 spiro atoms. The zero-order valence-electron chi connectivity index (χ0n) is 12.4. The number of nitrogens with one attached hydrogen (secondary N) is 2. The molecule has 8 nitrogen and oxygen atoms in total. The standard InChI is InChI=1S/C15H14N2O6S/c18-11-3-1-2-10(8-11)15(19)16-17-24(20,21)12-4-5-13-14(9-12)23-7-6-22-13/h1-5,8-9,17-18H,6-7H2,(H,16,19). The monoisotopic (exact) mass is 350 g/mol. The number of hydrogen-bond acceptors (Lipinski definition) is 6. The summed E-state index contributed by atoms with van der Waals surface area (Å²) in [5.41, 5.74) is 2.20. The summed E-state index contributed by atoms with van der Waals surface area (Å²) >= 11 is 0. The van der Waals surface area contributed by atoms with Crippen molar-refractivity contribution in [2.75, 3.05) is 13.2 Å². The van der Waals surface area contributed by atoms with Crippen LogP contribution in [-0.4, -0.2) is 32.6 Å². The van der Waals surface area contributed by atoms with Gasteiger partial charge < -0.3 is 14.6 Å². The van der Waals surface area contributed by atoms with Crippen molar-refractivity contribution in [1.29, 1.82) is 0 Å². The van der Waals surface area contributed by atoms with E-state index in [1.165, 1.54) is 42.5 Å². The third-order valence-electron chi connectivity index (χ3n) is 3.23. The van der Waals surface area contributed by atoms with Gasteiger partial charge in [-0.15, -0.1) is 4.83 Å². The minimum Gasteiger partial charge on any atom is -0.508 e. The van der Waals surface area contributed by atoms with Crippen molar-refractivity contribution >= 4 is 15.9 Å². The highest BCUT2D eigenvalue weighted by molar-refractivity contribution is 7.89. The number of phenols is 1. The van der Waals surface area contributed by atoms with Gasteiger partial charge >= 0.3 is 0 Å². The summed E-state index contributed by atoms with van der Waals surface area (Å²) in [6.07, 6.45) is 0. The van der Waals surface area contributed by atoms with Crippen LogP contribution in [-0.2, 0) is 10.0 Å². The Bertz CT molecular complexity index is 881. The number of hydrogen-bond donors (Lipinski definition) is 3. The summed E-state index contributed by atoms with van der Waals surface area (Å²) in [6, 6.07) is 9.67. The second kappa shape index (κ2) is 6.38. The number of amides is 1. The zero-order valence-corrected chi connectivity index (χ0v) is 13.2. The number of carbonyl (C=O) groups excluding carboxylic acids is 1. The molecule has 0 saturated carbocycles. The van der Waals surface area contributed by atoms with Crippen LogP contribution in [0.15, 0.2) is 47.4 Å². The van der Waals surface area contributed by atoms with Gasteiger partial charge in [-0.1, -0.05) is 6.07 Å². The van der Waals surface area contributed by atoms with Gasteiger partial charge in [-0.05, 0) is 30.3 Å². The second-order valence-corrected chi connectivity index (χ2v) is 6.60. The van der Waals surface area contributed by atoms with E-state index in [0.29, 0.717) is 24.7 Å². The molecule has 1 heterocycles. The highest BCUT2D eigenvalue weighted by Crippen LogP contribution is 2.32.